The number of carbonyl (C=O) groups is 2. The monoisotopic (exact) mass is 368 g/mol. The number of unbranched alkanes of at least 4 members (excludes halogenated alkanes) is 1. The van der Waals surface area contributed by atoms with Gasteiger partial charge in [0.05, 0.1) is 19.7 Å². The molecular formula is C21H24N2O4. The van der Waals surface area contributed by atoms with Crippen LogP contribution in [0.4, 0.5) is 10.5 Å². The van der Waals surface area contributed by atoms with Gasteiger partial charge in [-0.05, 0) is 42.8 Å². The zero-order valence-corrected chi connectivity index (χ0v) is 15.4. The molecule has 3 rings (SSSR count). The lowest BCUT2D eigenvalue weighted by Gasteiger charge is -2.13. The van der Waals surface area contributed by atoms with E-state index >= 15 is 0 Å². The molecular weight excluding hydrogens is 344 g/mol. The number of rotatable bonds is 8. The minimum absolute atomic E-state index is 0.204. The van der Waals surface area contributed by atoms with Gasteiger partial charge >= 0.3 is 6.09 Å². The second-order valence-corrected chi connectivity index (χ2v) is 6.39. The summed E-state index contributed by atoms with van der Waals surface area (Å²) in [5.74, 6) is 0.549. The number of amides is 2. The zero-order chi connectivity index (χ0) is 19.1. The Morgan fingerprint density at radius 3 is 2.63 bits per heavy atom. The highest BCUT2D eigenvalue weighted by molar-refractivity contribution is 5.94. The van der Waals surface area contributed by atoms with Gasteiger partial charge in [-0.25, -0.2) is 4.79 Å². The molecule has 1 saturated heterocycles. The van der Waals surface area contributed by atoms with Crippen LogP contribution in [0.1, 0.15) is 30.1 Å². The van der Waals surface area contributed by atoms with Gasteiger partial charge in [-0.3, -0.25) is 9.69 Å². The smallest absolute Gasteiger partial charge is 0.414 e. The maximum Gasteiger partial charge on any atom is 0.414 e. The summed E-state index contributed by atoms with van der Waals surface area (Å²) in [6.45, 7) is 3.46. The average molecular weight is 368 g/mol. The van der Waals surface area contributed by atoms with Crippen LogP contribution in [0.3, 0.4) is 0 Å². The van der Waals surface area contributed by atoms with Gasteiger partial charge < -0.3 is 14.8 Å². The molecule has 1 aliphatic rings. The van der Waals surface area contributed by atoms with Gasteiger partial charge in [-0.2, -0.15) is 0 Å². The van der Waals surface area contributed by atoms with Crippen LogP contribution in [0.25, 0.3) is 0 Å². The van der Waals surface area contributed by atoms with Crippen LogP contribution in [0.2, 0.25) is 0 Å². The van der Waals surface area contributed by atoms with Crippen molar-refractivity contribution in [3.63, 3.8) is 0 Å². The summed E-state index contributed by atoms with van der Waals surface area (Å²) in [6, 6.07) is 16.4. The van der Waals surface area contributed by atoms with Crippen LogP contribution < -0.4 is 15.0 Å². The number of hydrogen-bond acceptors (Lipinski definition) is 4. The van der Waals surface area contributed by atoms with E-state index in [0.717, 1.165) is 24.3 Å². The first-order valence-corrected chi connectivity index (χ1v) is 9.21. The van der Waals surface area contributed by atoms with Crippen LogP contribution in [0, 0.1) is 0 Å². The molecule has 6 nitrogen and oxygen atoms in total. The molecule has 1 fully saturated rings. The third-order valence-corrected chi connectivity index (χ3v) is 4.32. The lowest BCUT2D eigenvalue weighted by Crippen LogP contribution is -2.34. The average Bonchev–Trinajstić information content (AvgIpc) is 3.08. The molecule has 1 heterocycles. The largest absolute Gasteiger partial charge is 0.494 e. The molecule has 27 heavy (non-hydrogen) atoms. The van der Waals surface area contributed by atoms with Crippen LogP contribution >= 0.6 is 0 Å². The van der Waals surface area contributed by atoms with Crippen molar-refractivity contribution in [2.24, 2.45) is 0 Å². The number of nitrogens with one attached hydrogen (secondary N) is 1. The Labute approximate surface area is 159 Å². The third-order valence-electron chi connectivity index (χ3n) is 4.32. The summed E-state index contributed by atoms with van der Waals surface area (Å²) < 4.78 is 10.9. The van der Waals surface area contributed by atoms with Gasteiger partial charge in [0, 0.05) is 11.3 Å². The molecule has 0 radical (unpaired) electrons. The maximum absolute atomic E-state index is 12.3. The molecule has 0 aromatic heterocycles. The fraction of sp³-hybridized carbons (Fsp3) is 0.333. The number of carbonyl (C=O) groups excluding carboxylic acids is 2. The van der Waals surface area contributed by atoms with E-state index in [1.165, 1.54) is 0 Å². The van der Waals surface area contributed by atoms with Crippen LogP contribution in [-0.2, 0) is 4.74 Å². The second-order valence-electron chi connectivity index (χ2n) is 6.39. The number of nitrogens with zero attached hydrogens (tertiary/aromatic N) is 1. The number of benzene rings is 2. The van der Waals surface area contributed by atoms with Crippen molar-refractivity contribution >= 4 is 17.7 Å². The molecule has 1 unspecified atom stereocenters. The van der Waals surface area contributed by atoms with E-state index in [-0.39, 0.29) is 18.6 Å². The molecule has 1 aliphatic heterocycles. The quantitative estimate of drug-likeness (QED) is 0.723. The summed E-state index contributed by atoms with van der Waals surface area (Å²) in [5.41, 5.74) is 1.33. The van der Waals surface area contributed by atoms with Crippen LogP contribution in [-0.4, -0.2) is 37.8 Å². The third kappa shape index (κ3) is 5.00. The molecule has 1 N–H and O–H groups in total. The van der Waals surface area contributed by atoms with E-state index in [2.05, 4.69) is 12.2 Å². The molecule has 6 heteroatoms. The molecule has 0 saturated carbocycles. The predicted octanol–water partition coefficient (Wildman–Crippen LogP) is 3.62. The molecule has 2 amide bonds. The van der Waals surface area contributed by atoms with Crippen molar-refractivity contribution in [1.29, 1.82) is 0 Å². The van der Waals surface area contributed by atoms with Gasteiger partial charge in [0.1, 0.15) is 11.9 Å². The van der Waals surface area contributed by atoms with Gasteiger partial charge in [-0.15, -0.1) is 0 Å². The molecule has 2 aromatic rings. The molecule has 0 aliphatic carbocycles. The van der Waals surface area contributed by atoms with Gasteiger partial charge in [-0.1, -0.05) is 31.5 Å². The maximum atomic E-state index is 12.3. The molecule has 0 bridgehead atoms. The van der Waals surface area contributed by atoms with E-state index < -0.39 is 6.09 Å². The number of cyclic esters (lactones) is 1. The number of anilines is 1. The Kier molecular flexibility index (Phi) is 6.30. The fourth-order valence-corrected chi connectivity index (χ4v) is 2.79. The topological polar surface area (TPSA) is 67.9 Å². The highest BCUT2D eigenvalue weighted by Crippen LogP contribution is 2.21. The Bertz CT molecular complexity index is 762. The Morgan fingerprint density at radius 2 is 1.93 bits per heavy atom. The van der Waals surface area contributed by atoms with Crippen molar-refractivity contribution in [3.05, 3.63) is 60.2 Å². The van der Waals surface area contributed by atoms with Crippen LogP contribution in [0.5, 0.6) is 5.75 Å². The van der Waals surface area contributed by atoms with Crippen molar-refractivity contribution in [2.75, 3.05) is 24.6 Å². The predicted molar refractivity (Wildman–Crippen MR) is 103 cm³/mol. The van der Waals surface area contributed by atoms with Gasteiger partial charge in [0.25, 0.3) is 5.91 Å². The zero-order valence-electron chi connectivity index (χ0n) is 15.4. The molecule has 142 valence electrons. The summed E-state index contributed by atoms with van der Waals surface area (Å²) in [4.78, 5) is 25.9. The number of para-hydroxylation sites is 1. The normalized spacial score (nSPS) is 16.1. The van der Waals surface area contributed by atoms with Crippen molar-refractivity contribution < 1.29 is 19.1 Å². The van der Waals surface area contributed by atoms with Gasteiger partial charge in [0.15, 0.2) is 0 Å². The van der Waals surface area contributed by atoms with E-state index in [1.807, 2.05) is 30.3 Å². The summed E-state index contributed by atoms with van der Waals surface area (Å²) in [6.07, 6.45) is 1.31. The lowest BCUT2D eigenvalue weighted by molar-refractivity contribution is 0.0916. The van der Waals surface area contributed by atoms with Crippen molar-refractivity contribution in [2.45, 2.75) is 25.9 Å². The highest BCUT2D eigenvalue weighted by atomic mass is 16.6. The lowest BCUT2D eigenvalue weighted by atomic mass is 10.2. The summed E-state index contributed by atoms with van der Waals surface area (Å²) in [5, 5.41) is 2.82. The minimum atomic E-state index is -0.394. The number of hydrogen-bond donors (Lipinski definition) is 1. The Hall–Kier alpha value is -3.02. The van der Waals surface area contributed by atoms with Crippen molar-refractivity contribution in [3.8, 4) is 5.75 Å². The van der Waals surface area contributed by atoms with Crippen LogP contribution in [0.15, 0.2) is 54.6 Å². The van der Waals surface area contributed by atoms with E-state index in [4.69, 9.17) is 9.47 Å². The van der Waals surface area contributed by atoms with Gasteiger partial charge in [0.2, 0.25) is 0 Å². The second kappa shape index (κ2) is 9.07. The Balaban J connectivity index is 1.48. The summed E-state index contributed by atoms with van der Waals surface area (Å²) >= 11 is 0. The molecule has 1 atom stereocenters. The highest BCUT2D eigenvalue weighted by Gasteiger charge is 2.32. The van der Waals surface area contributed by atoms with E-state index in [9.17, 15) is 9.59 Å². The van der Waals surface area contributed by atoms with E-state index in [1.54, 1.807) is 29.2 Å². The molecule has 2 aromatic carbocycles. The van der Waals surface area contributed by atoms with Crippen molar-refractivity contribution in [1.82, 2.24) is 5.32 Å². The minimum Gasteiger partial charge on any atom is -0.494 e. The molecule has 0 spiro atoms. The van der Waals surface area contributed by atoms with E-state index in [0.29, 0.717) is 18.7 Å². The fourth-order valence-electron chi connectivity index (χ4n) is 2.79. The number of ether oxygens (including phenoxy) is 2. The standard InChI is InChI=1S/C21H24N2O4/c1-2-3-13-26-18-11-9-16(10-12-18)20(24)22-14-19-15-23(21(25)27-19)17-7-5-4-6-8-17/h4-12,19H,2-3,13-15H2,1H3,(H,22,24). The SMILES string of the molecule is CCCCOc1ccc(C(=O)NCC2CN(c3ccccc3)C(=O)O2)cc1. The first kappa shape index (κ1) is 18.8. The Morgan fingerprint density at radius 1 is 1.19 bits per heavy atom. The first-order chi connectivity index (χ1) is 13.2. The first-order valence-electron chi connectivity index (χ1n) is 9.21. The summed E-state index contributed by atoms with van der Waals surface area (Å²) in [7, 11) is 0.